The van der Waals surface area contributed by atoms with E-state index in [4.69, 9.17) is 9.47 Å². The Hall–Kier alpha value is -3.99. The number of aliphatic hydroxyl groups is 1. The van der Waals surface area contributed by atoms with Crippen molar-refractivity contribution >= 4 is 0 Å². The number of benzene rings is 2. The highest BCUT2D eigenvalue weighted by Crippen LogP contribution is 2.31. The molecule has 0 saturated carbocycles. The van der Waals surface area contributed by atoms with Gasteiger partial charge in [-0.3, -0.25) is 0 Å². The molecule has 0 bridgehead atoms. The summed E-state index contributed by atoms with van der Waals surface area (Å²) < 4.78 is 49.3. The fraction of sp³-hybridized carbons (Fsp3) is 0.308. The van der Waals surface area contributed by atoms with Gasteiger partial charge in [0.25, 0.3) is 0 Å². The van der Waals surface area contributed by atoms with Crippen LogP contribution in [0, 0.1) is 6.92 Å². The predicted octanol–water partition coefficient (Wildman–Crippen LogP) is 5.23. The third-order valence-corrected chi connectivity index (χ3v) is 5.74. The summed E-state index contributed by atoms with van der Waals surface area (Å²) >= 11 is 0. The lowest BCUT2D eigenvalue weighted by Gasteiger charge is -2.12. The van der Waals surface area contributed by atoms with Crippen molar-refractivity contribution < 1.29 is 27.8 Å². The van der Waals surface area contributed by atoms with Crippen molar-refractivity contribution in [3.05, 3.63) is 82.8 Å². The summed E-state index contributed by atoms with van der Waals surface area (Å²) in [7, 11) is 1.61. The number of nitrogens with one attached hydrogen (secondary N) is 1. The van der Waals surface area contributed by atoms with Crippen LogP contribution in [0.5, 0.6) is 11.6 Å². The van der Waals surface area contributed by atoms with Crippen molar-refractivity contribution in [2.45, 2.75) is 45.1 Å². The lowest BCUT2D eigenvalue weighted by atomic mass is 10.0. The van der Waals surface area contributed by atoms with Crippen molar-refractivity contribution in [2.75, 3.05) is 7.11 Å². The van der Waals surface area contributed by atoms with Crippen molar-refractivity contribution in [3.8, 4) is 23.0 Å². The highest BCUT2D eigenvalue weighted by atomic mass is 19.4. The van der Waals surface area contributed by atoms with Gasteiger partial charge in [0, 0.05) is 6.07 Å². The first kappa shape index (κ1) is 26.1. The van der Waals surface area contributed by atoms with Crippen LogP contribution in [0.4, 0.5) is 13.2 Å². The van der Waals surface area contributed by atoms with Crippen LogP contribution in [0.1, 0.15) is 47.2 Å². The Balaban J connectivity index is 1.37. The Kier molecular flexibility index (Phi) is 8.02. The Morgan fingerprint density at radius 1 is 1.00 bits per heavy atom. The van der Waals surface area contributed by atoms with Gasteiger partial charge in [-0.25, -0.2) is 4.98 Å². The maximum absolute atomic E-state index is 12.8. The van der Waals surface area contributed by atoms with Crippen LogP contribution >= 0.6 is 0 Å². The fourth-order valence-corrected chi connectivity index (χ4v) is 3.77. The van der Waals surface area contributed by atoms with Crippen molar-refractivity contribution in [1.82, 2.24) is 25.4 Å². The number of aromatic amines is 1. The molecule has 0 aliphatic heterocycles. The number of ether oxygens (including phenoxy) is 2. The van der Waals surface area contributed by atoms with E-state index in [1.807, 2.05) is 24.3 Å². The largest absolute Gasteiger partial charge is 0.497 e. The topological polar surface area (TPSA) is 106 Å². The van der Waals surface area contributed by atoms with Crippen LogP contribution in [0.25, 0.3) is 11.4 Å². The standard InChI is InChI=1S/C26H26F3N5O3/c1-16-30-22(14-24(31-16)37-15-17-6-12-20(36-2)13-7-17)25-21(32-34-33-25)4-3-5-23(35)18-8-10-19(11-9-18)26(27,28)29/h6-14,23,35H,3-5,15H2,1-2H3,(H,32,33,34). The monoisotopic (exact) mass is 513 g/mol. The summed E-state index contributed by atoms with van der Waals surface area (Å²) in [4.78, 5) is 8.80. The average molecular weight is 514 g/mol. The van der Waals surface area contributed by atoms with Crippen LogP contribution in [-0.2, 0) is 19.2 Å². The second-order valence-corrected chi connectivity index (χ2v) is 8.42. The Morgan fingerprint density at radius 3 is 2.41 bits per heavy atom. The van der Waals surface area contributed by atoms with E-state index in [2.05, 4.69) is 25.4 Å². The molecule has 1 unspecified atom stereocenters. The molecular weight excluding hydrogens is 487 g/mol. The van der Waals surface area contributed by atoms with Crippen LogP contribution in [0.3, 0.4) is 0 Å². The molecule has 0 radical (unpaired) electrons. The lowest BCUT2D eigenvalue weighted by molar-refractivity contribution is -0.137. The van der Waals surface area contributed by atoms with Gasteiger partial charge in [-0.2, -0.15) is 33.6 Å². The van der Waals surface area contributed by atoms with Gasteiger partial charge >= 0.3 is 6.18 Å². The van der Waals surface area contributed by atoms with E-state index in [1.165, 1.54) is 12.1 Å². The van der Waals surface area contributed by atoms with E-state index in [0.717, 1.165) is 23.4 Å². The summed E-state index contributed by atoms with van der Waals surface area (Å²) in [6.07, 6.45) is -3.94. The van der Waals surface area contributed by atoms with Crippen LogP contribution < -0.4 is 9.47 Å². The van der Waals surface area contributed by atoms with E-state index in [-0.39, 0.29) is 0 Å². The lowest BCUT2D eigenvalue weighted by Crippen LogP contribution is -2.06. The van der Waals surface area contributed by atoms with E-state index >= 15 is 0 Å². The number of hydrogen-bond donors (Lipinski definition) is 2. The molecule has 2 aromatic carbocycles. The number of nitrogens with zero attached hydrogens (tertiary/aromatic N) is 4. The minimum absolute atomic E-state index is 0.313. The van der Waals surface area contributed by atoms with Gasteiger partial charge in [0.05, 0.1) is 30.2 Å². The molecule has 2 heterocycles. The molecule has 11 heteroatoms. The first-order valence-electron chi connectivity index (χ1n) is 11.6. The zero-order valence-electron chi connectivity index (χ0n) is 20.3. The van der Waals surface area contributed by atoms with Crippen molar-refractivity contribution in [3.63, 3.8) is 0 Å². The molecular formula is C26H26F3N5O3. The number of aromatic nitrogens is 5. The number of aryl methyl sites for hydroxylation is 2. The molecule has 2 N–H and O–H groups in total. The predicted molar refractivity (Wildman–Crippen MR) is 129 cm³/mol. The molecule has 0 saturated heterocycles. The molecule has 4 rings (SSSR count). The molecule has 194 valence electrons. The zero-order chi connectivity index (χ0) is 26.4. The van der Waals surface area contributed by atoms with Gasteiger partial charge in [0.15, 0.2) is 0 Å². The van der Waals surface area contributed by atoms with E-state index < -0.39 is 17.8 Å². The third-order valence-electron chi connectivity index (χ3n) is 5.74. The van der Waals surface area contributed by atoms with Gasteiger partial charge in [-0.15, -0.1) is 0 Å². The molecule has 37 heavy (non-hydrogen) atoms. The second kappa shape index (κ2) is 11.4. The van der Waals surface area contributed by atoms with Gasteiger partial charge in [0.1, 0.15) is 23.9 Å². The summed E-state index contributed by atoms with van der Waals surface area (Å²) in [6.45, 7) is 2.07. The molecule has 0 aliphatic carbocycles. The second-order valence-electron chi connectivity index (χ2n) is 8.42. The van der Waals surface area contributed by atoms with Gasteiger partial charge < -0.3 is 14.6 Å². The van der Waals surface area contributed by atoms with E-state index in [1.54, 1.807) is 20.1 Å². The number of H-pyrrole nitrogens is 1. The van der Waals surface area contributed by atoms with Crippen LogP contribution in [-0.4, -0.2) is 37.6 Å². The Bertz CT molecular complexity index is 1310. The molecule has 2 aromatic heterocycles. The average Bonchev–Trinajstić information content (AvgIpc) is 3.35. The highest BCUT2D eigenvalue weighted by molar-refractivity contribution is 5.57. The third kappa shape index (κ3) is 6.82. The molecule has 0 fully saturated rings. The maximum Gasteiger partial charge on any atom is 0.416 e. The Morgan fingerprint density at radius 2 is 1.73 bits per heavy atom. The van der Waals surface area contributed by atoms with Crippen molar-refractivity contribution in [2.24, 2.45) is 0 Å². The van der Waals surface area contributed by atoms with E-state index in [9.17, 15) is 18.3 Å². The number of hydrogen-bond acceptors (Lipinski definition) is 7. The minimum Gasteiger partial charge on any atom is -0.497 e. The molecule has 0 spiro atoms. The molecule has 0 amide bonds. The zero-order valence-corrected chi connectivity index (χ0v) is 20.3. The van der Waals surface area contributed by atoms with Crippen LogP contribution in [0.2, 0.25) is 0 Å². The number of alkyl halides is 3. The highest BCUT2D eigenvalue weighted by Gasteiger charge is 2.30. The molecule has 4 aromatic rings. The number of methoxy groups -OCH3 is 1. The summed E-state index contributed by atoms with van der Waals surface area (Å²) in [5.41, 5.74) is 2.38. The van der Waals surface area contributed by atoms with Gasteiger partial charge in [-0.05, 0) is 61.6 Å². The quantitative estimate of drug-likeness (QED) is 0.299. The summed E-state index contributed by atoms with van der Waals surface area (Å²) in [5.74, 6) is 1.66. The number of aliphatic hydroxyl groups excluding tert-OH is 1. The minimum atomic E-state index is -4.41. The number of rotatable bonds is 10. The smallest absolute Gasteiger partial charge is 0.416 e. The SMILES string of the molecule is COc1ccc(COc2cc(-c3n[nH]nc3CCCC(O)c3ccc(C(F)(F)F)cc3)nc(C)n2)cc1. The first-order valence-corrected chi connectivity index (χ1v) is 11.6. The summed E-state index contributed by atoms with van der Waals surface area (Å²) in [5, 5.41) is 21.5. The number of halogens is 3. The summed E-state index contributed by atoms with van der Waals surface area (Å²) in [6, 6.07) is 13.7. The van der Waals surface area contributed by atoms with Crippen molar-refractivity contribution in [1.29, 1.82) is 0 Å². The normalized spacial score (nSPS) is 12.4. The maximum atomic E-state index is 12.8. The molecule has 0 aliphatic rings. The fourth-order valence-electron chi connectivity index (χ4n) is 3.77. The molecule has 8 nitrogen and oxygen atoms in total. The van der Waals surface area contributed by atoms with Gasteiger partial charge in [-0.1, -0.05) is 24.3 Å². The van der Waals surface area contributed by atoms with Crippen LogP contribution in [0.15, 0.2) is 54.6 Å². The van der Waals surface area contributed by atoms with E-state index in [0.29, 0.717) is 60.2 Å². The Labute approximate surface area is 211 Å². The first-order chi connectivity index (χ1) is 17.7. The molecule has 1 atom stereocenters. The van der Waals surface area contributed by atoms with Gasteiger partial charge in [0.2, 0.25) is 5.88 Å².